The van der Waals surface area contributed by atoms with E-state index >= 15 is 0 Å². The van der Waals surface area contributed by atoms with Crippen LogP contribution in [-0.4, -0.2) is 27.4 Å². The van der Waals surface area contributed by atoms with Gasteiger partial charge in [-0.15, -0.1) is 0 Å². The Kier molecular flexibility index (Phi) is 6.53. The van der Waals surface area contributed by atoms with E-state index in [9.17, 15) is 22.0 Å². The van der Waals surface area contributed by atoms with Crippen molar-refractivity contribution in [2.75, 3.05) is 28.0 Å². The van der Waals surface area contributed by atoms with Gasteiger partial charge in [0.1, 0.15) is 11.6 Å². The molecule has 1 heterocycles. The lowest BCUT2D eigenvalue weighted by Gasteiger charge is -2.22. The van der Waals surface area contributed by atoms with Crippen LogP contribution in [0, 0.1) is 11.6 Å². The van der Waals surface area contributed by atoms with Gasteiger partial charge in [0.2, 0.25) is 0 Å². The Morgan fingerprint density at radius 2 is 1.64 bits per heavy atom. The molecule has 1 aliphatic heterocycles. The van der Waals surface area contributed by atoms with E-state index in [0.29, 0.717) is 22.5 Å². The van der Waals surface area contributed by atoms with Crippen LogP contribution in [0.15, 0.2) is 65.6 Å². The minimum Gasteiger partial charge on any atom is -0.370 e. The number of rotatable bonds is 6. The lowest BCUT2D eigenvalue weighted by atomic mass is 10.1. The van der Waals surface area contributed by atoms with Crippen LogP contribution >= 0.6 is 11.6 Å². The Labute approximate surface area is 195 Å². The fourth-order valence-electron chi connectivity index (χ4n) is 3.61. The van der Waals surface area contributed by atoms with Crippen LogP contribution in [0.5, 0.6) is 0 Å². The van der Waals surface area contributed by atoms with E-state index in [4.69, 9.17) is 11.6 Å². The lowest BCUT2D eigenvalue weighted by molar-refractivity contribution is 0.102. The predicted octanol–water partition coefficient (Wildman–Crippen LogP) is 5.27. The van der Waals surface area contributed by atoms with Crippen molar-refractivity contribution in [2.24, 2.45) is 0 Å². The van der Waals surface area contributed by atoms with E-state index < -0.39 is 27.6 Å². The summed E-state index contributed by atoms with van der Waals surface area (Å²) in [4.78, 5) is 14.7. The quantitative estimate of drug-likeness (QED) is 0.492. The predicted molar refractivity (Wildman–Crippen MR) is 124 cm³/mol. The lowest BCUT2D eigenvalue weighted by Crippen LogP contribution is -2.22. The highest BCUT2D eigenvalue weighted by molar-refractivity contribution is 7.92. The summed E-state index contributed by atoms with van der Waals surface area (Å²) in [5, 5.41) is 3.06. The molecular formula is C23H20ClF2N3O3S. The maximum absolute atomic E-state index is 14.1. The van der Waals surface area contributed by atoms with Crippen molar-refractivity contribution in [3.05, 3.63) is 82.9 Å². The maximum atomic E-state index is 14.1. The van der Waals surface area contributed by atoms with E-state index in [2.05, 4.69) is 10.0 Å². The molecule has 0 saturated carbocycles. The number of carbonyl (C=O) groups excluding carboxylic acids is 1. The molecule has 1 amide bonds. The van der Waals surface area contributed by atoms with Crippen molar-refractivity contribution < 1.29 is 22.0 Å². The highest BCUT2D eigenvalue weighted by Gasteiger charge is 2.23. The summed E-state index contributed by atoms with van der Waals surface area (Å²) < 4.78 is 55.7. The molecule has 6 nitrogen and oxygen atoms in total. The summed E-state index contributed by atoms with van der Waals surface area (Å²) in [5.41, 5.74) is 0.803. The summed E-state index contributed by atoms with van der Waals surface area (Å²) in [7, 11) is -3.99. The third kappa shape index (κ3) is 5.26. The molecule has 3 aromatic carbocycles. The number of carbonyl (C=O) groups is 1. The number of hydrogen-bond donors (Lipinski definition) is 2. The summed E-state index contributed by atoms with van der Waals surface area (Å²) in [6.07, 6.45) is 1.91. The zero-order valence-electron chi connectivity index (χ0n) is 17.3. The van der Waals surface area contributed by atoms with E-state index in [1.165, 1.54) is 24.3 Å². The van der Waals surface area contributed by atoms with Gasteiger partial charge in [0, 0.05) is 29.9 Å². The molecule has 4 rings (SSSR count). The van der Waals surface area contributed by atoms with Crippen LogP contribution in [0.1, 0.15) is 23.2 Å². The van der Waals surface area contributed by atoms with Gasteiger partial charge in [-0.25, -0.2) is 17.2 Å². The SMILES string of the molecule is O=C(Nc1cc(S(=O)(=O)Nc2ccc(Cl)cc2)ccc1N1CCCC1)c1ccc(F)cc1F. The van der Waals surface area contributed by atoms with Crippen LogP contribution in [0.2, 0.25) is 5.02 Å². The highest BCUT2D eigenvalue weighted by atomic mass is 35.5. The van der Waals surface area contributed by atoms with Gasteiger partial charge < -0.3 is 10.2 Å². The molecule has 172 valence electrons. The van der Waals surface area contributed by atoms with E-state index in [1.54, 1.807) is 18.2 Å². The normalized spacial score (nSPS) is 13.7. The number of hydrogen-bond acceptors (Lipinski definition) is 4. The third-order valence-electron chi connectivity index (χ3n) is 5.25. The summed E-state index contributed by atoms with van der Waals surface area (Å²) in [5.74, 6) is -2.63. The van der Waals surface area contributed by atoms with Gasteiger partial charge >= 0.3 is 0 Å². The zero-order chi connectivity index (χ0) is 23.6. The van der Waals surface area contributed by atoms with Crippen molar-refractivity contribution in [2.45, 2.75) is 17.7 Å². The van der Waals surface area contributed by atoms with Gasteiger partial charge in [0.05, 0.1) is 21.8 Å². The van der Waals surface area contributed by atoms with Crippen LogP contribution < -0.4 is 14.9 Å². The molecule has 1 saturated heterocycles. The first-order valence-corrected chi connectivity index (χ1v) is 12.0. The Balaban J connectivity index is 1.68. The van der Waals surface area contributed by atoms with Gasteiger partial charge in [-0.1, -0.05) is 11.6 Å². The molecule has 1 fully saturated rings. The number of anilines is 3. The molecule has 2 N–H and O–H groups in total. The number of nitrogens with zero attached hydrogens (tertiary/aromatic N) is 1. The molecule has 10 heteroatoms. The minimum atomic E-state index is -3.99. The van der Waals surface area contributed by atoms with Crippen LogP contribution in [-0.2, 0) is 10.0 Å². The summed E-state index contributed by atoms with van der Waals surface area (Å²) >= 11 is 5.85. The van der Waals surface area contributed by atoms with Gasteiger partial charge in [-0.05, 0) is 67.4 Å². The van der Waals surface area contributed by atoms with Crippen LogP contribution in [0.25, 0.3) is 0 Å². The Morgan fingerprint density at radius 3 is 2.30 bits per heavy atom. The van der Waals surface area contributed by atoms with Gasteiger partial charge in [0.25, 0.3) is 15.9 Å². The Hall–Kier alpha value is -3.17. The molecular weight excluding hydrogens is 472 g/mol. The summed E-state index contributed by atoms with van der Waals surface area (Å²) in [6.45, 7) is 1.48. The van der Waals surface area contributed by atoms with E-state index in [1.807, 2.05) is 4.90 Å². The fraction of sp³-hybridized carbons (Fsp3) is 0.174. The van der Waals surface area contributed by atoms with Crippen molar-refractivity contribution in [3.8, 4) is 0 Å². The molecule has 1 aliphatic rings. The molecule has 0 atom stereocenters. The molecule has 0 aromatic heterocycles. The van der Waals surface area contributed by atoms with Crippen LogP contribution in [0.3, 0.4) is 0 Å². The molecule has 3 aromatic rings. The monoisotopic (exact) mass is 491 g/mol. The number of amides is 1. The van der Waals surface area contributed by atoms with E-state index in [-0.39, 0.29) is 16.1 Å². The second-order valence-corrected chi connectivity index (χ2v) is 9.68. The van der Waals surface area contributed by atoms with Crippen molar-refractivity contribution in [1.29, 1.82) is 0 Å². The number of benzene rings is 3. The average Bonchev–Trinajstić information content (AvgIpc) is 3.30. The first-order chi connectivity index (χ1) is 15.7. The Bertz CT molecular complexity index is 1290. The minimum absolute atomic E-state index is 0.0877. The number of sulfonamides is 1. The van der Waals surface area contributed by atoms with Crippen LogP contribution in [0.4, 0.5) is 25.8 Å². The average molecular weight is 492 g/mol. The highest BCUT2D eigenvalue weighted by Crippen LogP contribution is 2.32. The largest absolute Gasteiger partial charge is 0.370 e. The molecule has 0 aliphatic carbocycles. The van der Waals surface area contributed by atoms with E-state index in [0.717, 1.165) is 38.1 Å². The van der Waals surface area contributed by atoms with Crippen molar-refractivity contribution in [3.63, 3.8) is 0 Å². The third-order valence-corrected chi connectivity index (χ3v) is 6.88. The molecule has 0 radical (unpaired) electrons. The number of nitrogens with one attached hydrogen (secondary N) is 2. The molecule has 0 spiro atoms. The smallest absolute Gasteiger partial charge is 0.261 e. The topological polar surface area (TPSA) is 78.5 Å². The Morgan fingerprint density at radius 1 is 0.939 bits per heavy atom. The van der Waals surface area contributed by atoms with Gasteiger partial charge in [-0.3, -0.25) is 9.52 Å². The standard InChI is InChI=1S/C23H20ClF2N3O3S/c24-15-3-6-17(7-4-15)28-33(31,32)18-8-10-22(29-11-1-2-12-29)21(14-18)27-23(30)19-9-5-16(25)13-20(19)26/h3-10,13-14,28H,1-2,11-12H2,(H,27,30). The molecule has 33 heavy (non-hydrogen) atoms. The van der Waals surface area contributed by atoms with Crippen molar-refractivity contribution >= 4 is 44.6 Å². The second kappa shape index (κ2) is 9.36. The second-order valence-electron chi connectivity index (χ2n) is 7.56. The van der Waals surface area contributed by atoms with Gasteiger partial charge in [0.15, 0.2) is 0 Å². The number of halogens is 3. The first-order valence-electron chi connectivity index (χ1n) is 10.2. The molecule has 0 bridgehead atoms. The van der Waals surface area contributed by atoms with Gasteiger partial charge in [-0.2, -0.15) is 0 Å². The van der Waals surface area contributed by atoms with Crippen molar-refractivity contribution in [1.82, 2.24) is 0 Å². The summed E-state index contributed by atoms with van der Waals surface area (Å²) in [6, 6.07) is 13.2. The zero-order valence-corrected chi connectivity index (χ0v) is 18.9. The molecule has 0 unspecified atom stereocenters. The maximum Gasteiger partial charge on any atom is 0.261 e. The fourth-order valence-corrected chi connectivity index (χ4v) is 4.82. The first kappa shape index (κ1) is 23.0.